The zero-order chi connectivity index (χ0) is 14.8. The van der Waals surface area contributed by atoms with E-state index in [1.165, 1.54) is 23.1 Å². The summed E-state index contributed by atoms with van der Waals surface area (Å²) in [5, 5.41) is 3.38. The number of aryl methyl sites for hydroxylation is 1. The molecule has 0 fully saturated rings. The van der Waals surface area contributed by atoms with Gasteiger partial charge in [-0.3, -0.25) is 0 Å². The van der Waals surface area contributed by atoms with E-state index in [0.29, 0.717) is 6.04 Å². The molecule has 110 valence electrons. The van der Waals surface area contributed by atoms with Gasteiger partial charge in [-0.2, -0.15) is 0 Å². The number of nitrogens with one attached hydrogen (secondary N) is 1. The molecule has 0 aliphatic heterocycles. The van der Waals surface area contributed by atoms with Crippen LogP contribution in [-0.2, 0) is 6.42 Å². The zero-order valence-electron chi connectivity index (χ0n) is 12.8. The van der Waals surface area contributed by atoms with Gasteiger partial charge in [-0.25, -0.2) is 0 Å². The van der Waals surface area contributed by atoms with Gasteiger partial charge in [0, 0.05) is 17.7 Å². The highest BCUT2D eigenvalue weighted by atomic mass is 16.5. The van der Waals surface area contributed by atoms with Crippen LogP contribution in [0.4, 0.5) is 0 Å². The van der Waals surface area contributed by atoms with Crippen LogP contribution in [0.15, 0.2) is 36.4 Å². The van der Waals surface area contributed by atoms with Crippen LogP contribution in [0, 0.1) is 0 Å². The number of ether oxygens (including phenoxy) is 2. The van der Waals surface area contributed by atoms with Gasteiger partial charge in [0.2, 0.25) is 0 Å². The summed E-state index contributed by atoms with van der Waals surface area (Å²) >= 11 is 0. The highest BCUT2D eigenvalue weighted by Crippen LogP contribution is 2.37. The molecule has 0 saturated carbocycles. The lowest BCUT2D eigenvalue weighted by Gasteiger charge is -2.13. The van der Waals surface area contributed by atoms with Crippen molar-refractivity contribution in [3.05, 3.63) is 47.5 Å². The van der Waals surface area contributed by atoms with Crippen molar-refractivity contribution in [3.8, 4) is 22.6 Å². The van der Waals surface area contributed by atoms with Gasteiger partial charge in [0.05, 0.1) is 14.2 Å². The Hall–Kier alpha value is -2.00. The van der Waals surface area contributed by atoms with Crippen LogP contribution in [0.2, 0.25) is 0 Å². The molecule has 1 atom stereocenters. The number of hydrogen-bond donors (Lipinski definition) is 1. The Morgan fingerprint density at radius 1 is 1.05 bits per heavy atom. The third kappa shape index (κ3) is 2.49. The molecule has 3 rings (SSSR count). The van der Waals surface area contributed by atoms with Crippen LogP contribution < -0.4 is 14.8 Å². The molecule has 3 nitrogen and oxygen atoms in total. The van der Waals surface area contributed by atoms with Gasteiger partial charge in [-0.05, 0) is 48.7 Å². The predicted octanol–water partition coefficient (Wildman–Crippen LogP) is 3.58. The molecule has 0 saturated heterocycles. The first kappa shape index (κ1) is 14.0. The minimum Gasteiger partial charge on any atom is -0.497 e. The van der Waals surface area contributed by atoms with Crippen molar-refractivity contribution in [2.75, 3.05) is 21.3 Å². The highest BCUT2D eigenvalue weighted by molar-refractivity contribution is 5.72. The van der Waals surface area contributed by atoms with Crippen molar-refractivity contribution < 1.29 is 9.47 Å². The number of fused-ring (bicyclic) bond motifs is 1. The second-order valence-electron chi connectivity index (χ2n) is 5.36. The molecule has 1 unspecified atom stereocenters. The van der Waals surface area contributed by atoms with Gasteiger partial charge >= 0.3 is 0 Å². The Morgan fingerprint density at radius 2 is 1.90 bits per heavy atom. The van der Waals surface area contributed by atoms with Crippen molar-refractivity contribution in [2.45, 2.75) is 18.9 Å². The molecule has 21 heavy (non-hydrogen) atoms. The summed E-state index contributed by atoms with van der Waals surface area (Å²) in [4.78, 5) is 0. The average Bonchev–Trinajstić information content (AvgIpc) is 2.96. The van der Waals surface area contributed by atoms with Gasteiger partial charge < -0.3 is 14.8 Å². The standard InChI is InChI=1S/C18H21NO2/c1-19-17-9-5-12-10-13(4-7-15(12)17)16-8-6-14(20-2)11-18(16)21-3/h4,6-8,10-11,17,19H,5,9H2,1-3H3. The molecule has 0 bridgehead atoms. The van der Waals surface area contributed by atoms with E-state index in [9.17, 15) is 0 Å². The number of benzene rings is 2. The van der Waals surface area contributed by atoms with Gasteiger partial charge in [0.15, 0.2) is 0 Å². The van der Waals surface area contributed by atoms with Crippen LogP contribution in [0.5, 0.6) is 11.5 Å². The fraction of sp³-hybridized carbons (Fsp3) is 0.333. The third-order valence-corrected chi connectivity index (χ3v) is 4.29. The second kappa shape index (κ2) is 5.78. The van der Waals surface area contributed by atoms with Crippen LogP contribution in [0.3, 0.4) is 0 Å². The lowest BCUT2D eigenvalue weighted by molar-refractivity contribution is 0.395. The lowest BCUT2D eigenvalue weighted by atomic mass is 9.99. The smallest absolute Gasteiger partial charge is 0.130 e. The Morgan fingerprint density at radius 3 is 2.62 bits per heavy atom. The van der Waals surface area contributed by atoms with E-state index in [0.717, 1.165) is 23.5 Å². The summed E-state index contributed by atoms with van der Waals surface area (Å²) in [7, 11) is 5.39. The summed E-state index contributed by atoms with van der Waals surface area (Å²) in [5.74, 6) is 1.66. The molecule has 2 aromatic rings. The first-order chi connectivity index (χ1) is 10.3. The molecule has 0 amide bonds. The summed E-state index contributed by atoms with van der Waals surface area (Å²) in [5.41, 5.74) is 5.16. The molecule has 0 aromatic heterocycles. The summed E-state index contributed by atoms with van der Waals surface area (Å²) < 4.78 is 10.8. The Labute approximate surface area is 125 Å². The van der Waals surface area contributed by atoms with Gasteiger partial charge in [-0.15, -0.1) is 0 Å². The van der Waals surface area contributed by atoms with E-state index in [1.807, 2.05) is 19.2 Å². The number of rotatable bonds is 4. The van der Waals surface area contributed by atoms with E-state index in [2.05, 4.69) is 29.6 Å². The minimum atomic E-state index is 0.492. The Balaban J connectivity index is 2.02. The Kier molecular flexibility index (Phi) is 3.84. The van der Waals surface area contributed by atoms with Crippen molar-refractivity contribution in [2.24, 2.45) is 0 Å². The van der Waals surface area contributed by atoms with Crippen LogP contribution >= 0.6 is 0 Å². The fourth-order valence-corrected chi connectivity index (χ4v) is 3.12. The largest absolute Gasteiger partial charge is 0.497 e. The molecule has 1 N–H and O–H groups in total. The maximum absolute atomic E-state index is 5.51. The number of methoxy groups -OCH3 is 2. The summed E-state index contributed by atoms with van der Waals surface area (Å²) in [6, 6.07) is 13.2. The van der Waals surface area contributed by atoms with Gasteiger partial charge in [-0.1, -0.05) is 18.2 Å². The van der Waals surface area contributed by atoms with E-state index in [1.54, 1.807) is 14.2 Å². The SMILES string of the molecule is CNC1CCc2cc(-c3ccc(OC)cc3OC)ccc21. The fourth-order valence-electron chi connectivity index (χ4n) is 3.12. The molecule has 0 spiro atoms. The molecular formula is C18H21NO2. The summed E-state index contributed by atoms with van der Waals surface area (Å²) in [6.07, 6.45) is 2.31. The molecule has 0 radical (unpaired) electrons. The van der Waals surface area contributed by atoms with Crippen LogP contribution in [0.1, 0.15) is 23.6 Å². The monoisotopic (exact) mass is 283 g/mol. The first-order valence-corrected chi connectivity index (χ1v) is 7.29. The minimum absolute atomic E-state index is 0.492. The van der Waals surface area contributed by atoms with E-state index >= 15 is 0 Å². The second-order valence-corrected chi connectivity index (χ2v) is 5.36. The number of hydrogen-bond acceptors (Lipinski definition) is 3. The van der Waals surface area contributed by atoms with Crippen molar-refractivity contribution in [1.29, 1.82) is 0 Å². The normalized spacial score (nSPS) is 16.6. The topological polar surface area (TPSA) is 30.5 Å². The molecule has 1 aliphatic carbocycles. The van der Waals surface area contributed by atoms with Gasteiger partial charge in [0.1, 0.15) is 11.5 Å². The zero-order valence-corrected chi connectivity index (χ0v) is 12.8. The van der Waals surface area contributed by atoms with Crippen LogP contribution in [0.25, 0.3) is 11.1 Å². The van der Waals surface area contributed by atoms with Crippen LogP contribution in [-0.4, -0.2) is 21.3 Å². The van der Waals surface area contributed by atoms with E-state index in [4.69, 9.17) is 9.47 Å². The summed E-state index contributed by atoms with van der Waals surface area (Å²) in [6.45, 7) is 0. The van der Waals surface area contributed by atoms with E-state index in [-0.39, 0.29) is 0 Å². The molecule has 2 aromatic carbocycles. The van der Waals surface area contributed by atoms with Gasteiger partial charge in [0.25, 0.3) is 0 Å². The maximum atomic E-state index is 5.51. The van der Waals surface area contributed by atoms with Crippen molar-refractivity contribution in [3.63, 3.8) is 0 Å². The molecular weight excluding hydrogens is 262 g/mol. The Bertz CT molecular complexity index is 652. The van der Waals surface area contributed by atoms with E-state index < -0.39 is 0 Å². The average molecular weight is 283 g/mol. The molecule has 1 aliphatic rings. The van der Waals surface area contributed by atoms with Crippen molar-refractivity contribution in [1.82, 2.24) is 5.32 Å². The first-order valence-electron chi connectivity index (χ1n) is 7.29. The molecule has 3 heteroatoms. The third-order valence-electron chi connectivity index (χ3n) is 4.29. The predicted molar refractivity (Wildman–Crippen MR) is 85.1 cm³/mol. The quantitative estimate of drug-likeness (QED) is 0.930. The maximum Gasteiger partial charge on any atom is 0.130 e. The molecule has 0 heterocycles. The van der Waals surface area contributed by atoms with Crippen molar-refractivity contribution >= 4 is 0 Å². The lowest BCUT2D eigenvalue weighted by Crippen LogP contribution is -2.12. The highest BCUT2D eigenvalue weighted by Gasteiger charge is 2.21.